The number of rotatable bonds is 3. The Hall–Kier alpha value is -1.06. The predicted octanol–water partition coefficient (Wildman–Crippen LogP) is 2.72. The second-order valence-corrected chi connectivity index (χ2v) is 7.68. The molecule has 2 unspecified atom stereocenters. The molecule has 120 valence electrons. The minimum absolute atomic E-state index is 0.0647. The Morgan fingerprint density at radius 1 is 1.14 bits per heavy atom. The molecule has 1 aliphatic heterocycles. The van der Waals surface area contributed by atoms with Gasteiger partial charge in [0.2, 0.25) is 11.8 Å². The summed E-state index contributed by atoms with van der Waals surface area (Å²) < 4.78 is 0. The number of hydrogen-bond acceptors (Lipinski definition) is 2. The van der Waals surface area contributed by atoms with Crippen molar-refractivity contribution in [1.82, 2.24) is 10.2 Å². The number of carbonyl (C=O) groups is 2. The van der Waals surface area contributed by atoms with Crippen molar-refractivity contribution < 1.29 is 9.59 Å². The smallest absolute Gasteiger partial charge is 0.246 e. The first-order valence-corrected chi connectivity index (χ1v) is 8.47. The highest BCUT2D eigenvalue weighted by molar-refractivity contribution is 5.97. The van der Waals surface area contributed by atoms with Crippen LogP contribution in [0, 0.1) is 11.3 Å². The van der Waals surface area contributed by atoms with E-state index >= 15 is 0 Å². The molecule has 2 amide bonds. The van der Waals surface area contributed by atoms with Gasteiger partial charge in [0, 0.05) is 6.54 Å². The molecular formula is C17H30N2O2. The lowest BCUT2D eigenvalue weighted by Crippen LogP contribution is -2.68. The molecule has 1 N–H and O–H groups in total. The molecule has 0 radical (unpaired) electrons. The lowest BCUT2D eigenvalue weighted by molar-refractivity contribution is -0.155. The first-order chi connectivity index (χ1) is 9.86. The number of piperazine rings is 1. The van der Waals surface area contributed by atoms with Gasteiger partial charge >= 0.3 is 0 Å². The molecule has 0 aromatic rings. The molecule has 0 aromatic heterocycles. The maximum atomic E-state index is 12.9. The Morgan fingerprint density at radius 2 is 1.76 bits per heavy atom. The Kier molecular flexibility index (Phi) is 4.95. The maximum absolute atomic E-state index is 12.9. The minimum Gasteiger partial charge on any atom is -0.342 e. The van der Waals surface area contributed by atoms with E-state index in [2.05, 4.69) is 12.2 Å². The van der Waals surface area contributed by atoms with Crippen LogP contribution in [0.5, 0.6) is 0 Å². The Labute approximate surface area is 128 Å². The molecule has 1 heterocycles. The molecule has 1 saturated carbocycles. The highest BCUT2D eigenvalue weighted by atomic mass is 16.2. The third-order valence-electron chi connectivity index (χ3n) is 4.85. The Balaban J connectivity index is 2.24. The summed E-state index contributed by atoms with van der Waals surface area (Å²) in [6, 6.07) is -0.632. The number of amides is 2. The van der Waals surface area contributed by atoms with Crippen molar-refractivity contribution in [2.45, 2.75) is 78.3 Å². The van der Waals surface area contributed by atoms with Crippen molar-refractivity contribution in [2.75, 3.05) is 6.54 Å². The van der Waals surface area contributed by atoms with Crippen molar-refractivity contribution in [3.8, 4) is 0 Å². The fraction of sp³-hybridized carbons (Fsp3) is 0.882. The monoisotopic (exact) mass is 294 g/mol. The summed E-state index contributed by atoms with van der Waals surface area (Å²) in [5.41, 5.74) is -0.240. The largest absolute Gasteiger partial charge is 0.342 e. The van der Waals surface area contributed by atoms with E-state index in [9.17, 15) is 9.59 Å². The quantitative estimate of drug-likeness (QED) is 0.870. The van der Waals surface area contributed by atoms with Crippen LogP contribution >= 0.6 is 0 Å². The molecule has 2 aliphatic rings. The maximum Gasteiger partial charge on any atom is 0.246 e. The summed E-state index contributed by atoms with van der Waals surface area (Å²) in [6.07, 6.45) is 6.68. The molecule has 1 saturated heterocycles. The van der Waals surface area contributed by atoms with E-state index in [0.29, 0.717) is 12.5 Å². The Bertz CT molecular complexity index is 394. The van der Waals surface area contributed by atoms with Crippen molar-refractivity contribution in [2.24, 2.45) is 11.3 Å². The van der Waals surface area contributed by atoms with Gasteiger partial charge in [-0.05, 0) is 30.6 Å². The highest BCUT2D eigenvalue weighted by Gasteiger charge is 2.47. The van der Waals surface area contributed by atoms with Crippen molar-refractivity contribution >= 4 is 11.8 Å². The van der Waals surface area contributed by atoms with Crippen LogP contribution in [0.25, 0.3) is 0 Å². The van der Waals surface area contributed by atoms with E-state index in [0.717, 1.165) is 19.3 Å². The summed E-state index contributed by atoms with van der Waals surface area (Å²) in [5, 5.41) is 3.01. The SMILES string of the molecule is CCCN1C(=O)C(C(C)(C)C)NC(=O)C1C1CCCCC1. The van der Waals surface area contributed by atoms with Crippen molar-refractivity contribution in [1.29, 1.82) is 0 Å². The lowest BCUT2D eigenvalue weighted by Gasteiger charge is -2.46. The summed E-state index contributed by atoms with van der Waals surface area (Å²) in [6.45, 7) is 8.81. The van der Waals surface area contributed by atoms with E-state index in [4.69, 9.17) is 0 Å². The predicted molar refractivity (Wildman–Crippen MR) is 83.8 cm³/mol. The van der Waals surface area contributed by atoms with Crippen LogP contribution in [0.3, 0.4) is 0 Å². The van der Waals surface area contributed by atoms with Crippen LogP contribution in [-0.2, 0) is 9.59 Å². The minimum atomic E-state index is -0.392. The first-order valence-electron chi connectivity index (χ1n) is 8.47. The van der Waals surface area contributed by atoms with Crippen LogP contribution in [0.15, 0.2) is 0 Å². The van der Waals surface area contributed by atoms with Gasteiger partial charge in [0.05, 0.1) is 0 Å². The van der Waals surface area contributed by atoms with Gasteiger partial charge in [-0.1, -0.05) is 47.0 Å². The fourth-order valence-corrected chi connectivity index (χ4v) is 3.73. The Morgan fingerprint density at radius 3 is 2.29 bits per heavy atom. The molecule has 4 heteroatoms. The highest BCUT2D eigenvalue weighted by Crippen LogP contribution is 2.33. The first kappa shape index (κ1) is 16.3. The van der Waals surface area contributed by atoms with E-state index in [1.54, 1.807) is 0 Å². The number of hydrogen-bond donors (Lipinski definition) is 1. The molecule has 0 bridgehead atoms. The van der Waals surface area contributed by atoms with Gasteiger partial charge in [-0.3, -0.25) is 9.59 Å². The van der Waals surface area contributed by atoms with Crippen molar-refractivity contribution in [3.05, 3.63) is 0 Å². The van der Waals surface area contributed by atoms with Gasteiger partial charge in [0.25, 0.3) is 0 Å². The lowest BCUT2D eigenvalue weighted by atomic mass is 9.78. The van der Waals surface area contributed by atoms with Crippen LogP contribution in [0.2, 0.25) is 0 Å². The van der Waals surface area contributed by atoms with Crippen LogP contribution in [0.1, 0.15) is 66.2 Å². The van der Waals surface area contributed by atoms with E-state index in [-0.39, 0.29) is 23.3 Å². The average Bonchev–Trinajstić information content (AvgIpc) is 2.42. The fourth-order valence-electron chi connectivity index (χ4n) is 3.73. The van der Waals surface area contributed by atoms with E-state index in [1.165, 1.54) is 19.3 Å². The van der Waals surface area contributed by atoms with Crippen LogP contribution in [-0.4, -0.2) is 35.3 Å². The van der Waals surface area contributed by atoms with Gasteiger partial charge in [-0.2, -0.15) is 0 Å². The van der Waals surface area contributed by atoms with Crippen molar-refractivity contribution in [3.63, 3.8) is 0 Å². The molecule has 2 rings (SSSR count). The van der Waals surface area contributed by atoms with Gasteiger partial charge in [-0.25, -0.2) is 0 Å². The van der Waals surface area contributed by atoms with Gasteiger partial charge < -0.3 is 10.2 Å². The zero-order chi connectivity index (χ0) is 15.6. The molecule has 4 nitrogen and oxygen atoms in total. The summed E-state index contributed by atoms with van der Waals surface area (Å²) >= 11 is 0. The van der Waals surface area contributed by atoms with Gasteiger partial charge in [0.1, 0.15) is 12.1 Å². The summed E-state index contributed by atoms with van der Waals surface area (Å²) in [5.74, 6) is 0.518. The molecule has 2 fully saturated rings. The molecule has 1 aliphatic carbocycles. The number of nitrogens with one attached hydrogen (secondary N) is 1. The zero-order valence-corrected chi connectivity index (χ0v) is 13.9. The third kappa shape index (κ3) is 3.41. The number of nitrogens with zero attached hydrogens (tertiary/aromatic N) is 1. The molecular weight excluding hydrogens is 264 g/mol. The summed E-state index contributed by atoms with van der Waals surface area (Å²) in [7, 11) is 0. The molecule has 0 spiro atoms. The number of carbonyl (C=O) groups excluding carboxylic acids is 2. The molecule has 2 atom stereocenters. The third-order valence-corrected chi connectivity index (χ3v) is 4.85. The van der Waals surface area contributed by atoms with Crippen LogP contribution < -0.4 is 5.32 Å². The normalized spacial score (nSPS) is 28.7. The molecule has 0 aromatic carbocycles. The average molecular weight is 294 g/mol. The van der Waals surface area contributed by atoms with Gasteiger partial charge in [0.15, 0.2) is 0 Å². The second-order valence-electron chi connectivity index (χ2n) is 7.68. The van der Waals surface area contributed by atoms with E-state index < -0.39 is 6.04 Å². The standard InChI is InChI=1S/C17H30N2O2/c1-5-11-19-13(12-9-7-6-8-10-12)15(20)18-14(16(19)21)17(2,3)4/h12-14H,5-11H2,1-4H3,(H,18,20). The zero-order valence-electron chi connectivity index (χ0n) is 13.9. The molecule has 21 heavy (non-hydrogen) atoms. The van der Waals surface area contributed by atoms with E-state index in [1.807, 2.05) is 25.7 Å². The second kappa shape index (κ2) is 6.37. The summed E-state index contributed by atoms with van der Waals surface area (Å²) in [4.78, 5) is 27.4. The van der Waals surface area contributed by atoms with Gasteiger partial charge in [-0.15, -0.1) is 0 Å². The topological polar surface area (TPSA) is 49.4 Å². The van der Waals surface area contributed by atoms with Crippen LogP contribution in [0.4, 0.5) is 0 Å².